The van der Waals surface area contributed by atoms with Crippen LogP contribution in [0.2, 0.25) is 0 Å². The lowest BCUT2D eigenvalue weighted by Crippen LogP contribution is -2.19. The summed E-state index contributed by atoms with van der Waals surface area (Å²) in [4.78, 5) is 12.0. The fourth-order valence-electron chi connectivity index (χ4n) is 3.59. The summed E-state index contributed by atoms with van der Waals surface area (Å²) in [6.07, 6.45) is 23.5. The van der Waals surface area contributed by atoms with Gasteiger partial charge in [0.2, 0.25) is 0 Å². The summed E-state index contributed by atoms with van der Waals surface area (Å²) >= 11 is 0. The van der Waals surface area contributed by atoms with Crippen LogP contribution >= 0.6 is 0 Å². The van der Waals surface area contributed by atoms with Crippen molar-refractivity contribution in [1.82, 2.24) is 0 Å². The molecule has 0 aromatic rings. The molecule has 1 atom stereocenters. The van der Waals surface area contributed by atoms with E-state index in [1.165, 1.54) is 89.9 Å². The van der Waals surface area contributed by atoms with Gasteiger partial charge in [-0.3, -0.25) is 4.79 Å². The molecule has 0 rings (SSSR count). The molecule has 2 heteroatoms. The smallest absolute Gasteiger partial charge is 0.161 e. The van der Waals surface area contributed by atoms with Crippen molar-refractivity contribution in [1.29, 1.82) is 0 Å². The van der Waals surface area contributed by atoms with E-state index in [1.807, 2.05) is 0 Å². The third-order valence-corrected chi connectivity index (χ3v) is 5.48. The Kier molecular flexibility index (Phi) is 20.6. The zero-order valence-corrected chi connectivity index (χ0v) is 18.1. The minimum absolute atomic E-state index is 0.0764. The van der Waals surface area contributed by atoms with Gasteiger partial charge >= 0.3 is 0 Å². The van der Waals surface area contributed by atoms with E-state index < -0.39 is 6.10 Å². The third-order valence-electron chi connectivity index (χ3n) is 5.48. The van der Waals surface area contributed by atoms with Crippen molar-refractivity contribution in [2.45, 2.75) is 148 Å². The summed E-state index contributed by atoms with van der Waals surface area (Å²) in [6.45, 7) is 4.50. The lowest BCUT2D eigenvalue weighted by Gasteiger charge is -2.09. The molecule has 0 spiro atoms. The van der Waals surface area contributed by atoms with Crippen LogP contribution in [0.4, 0.5) is 0 Å². The van der Waals surface area contributed by atoms with Crippen LogP contribution in [0.15, 0.2) is 0 Å². The summed E-state index contributed by atoms with van der Waals surface area (Å²) in [5.41, 5.74) is 0. The zero-order chi connectivity index (χ0) is 19.3. The largest absolute Gasteiger partial charge is 0.385 e. The van der Waals surface area contributed by atoms with E-state index in [4.69, 9.17) is 0 Å². The van der Waals surface area contributed by atoms with E-state index in [2.05, 4.69) is 13.8 Å². The first-order chi connectivity index (χ1) is 12.7. The lowest BCUT2D eigenvalue weighted by molar-refractivity contribution is -0.127. The molecule has 0 saturated carbocycles. The Labute approximate surface area is 164 Å². The molecule has 0 fully saturated rings. The van der Waals surface area contributed by atoms with Crippen LogP contribution in [-0.4, -0.2) is 17.0 Å². The van der Waals surface area contributed by atoms with Crippen molar-refractivity contribution >= 4 is 5.78 Å². The summed E-state index contributed by atoms with van der Waals surface area (Å²) < 4.78 is 0. The van der Waals surface area contributed by atoms with Gasteiger partial charge in [0.05, 0.1) is 0 Å². The average Bonchev–Trinajstić information content (AvgIpc) is 2.65. The fourth-order valence-corrected chi connectivity index (χ4v) is 3.59. The van der Waals surface area contributed by atoms with Gasteiger partial charge < -0.3 is 5.11 Å². The second kappa shape index (κ2) is 20.9. The van der Waals surface area contributed by atoms with Crippen molar-refractivity contribution in [3.63, 3.8) is 0 Å². The van der Waals surface area contributed by atoms with Crippen molar-refractivity contribution in [2.24, 2.45) is 0 Å². The van der Waals surface area contributed by atoms with Crippen LogP contribution in [0.3, 0.4) is 0 Å². The van der Waals surface area contributed by atoms with E-state index >= 15 is 0 Å². The second-order valence-electron chi connectivity index (χ2n) is 8.18. The highest BCUT2D eigenvalue weighted by Crippen LogP contribution is 2.14. The summed E-state index contributed by atoms with van der Waals surface area (Å²) in [5, 5.41) is 9.99. The first kappa shape index (κ1) is 25.6. The lowest BCUT2D eigenvalue weighted by atomic mass is 10.0. The maximum atomic E-state index is 12.0. The van der Waals surface area contributed by atoms with Gasteiger partial charge in [-0.05, 0) is 12.8 Å². The van der Waals surface area contributed by atoms with Crippen LogP contribution in [-0.2, 0) is 4.79 Å². The molecule has 0 aliphatic carbocycles. The van der Waals surface area contributed by atoms with Crippen molar-refractivity contribution < 1.29 is 9.90 Å². The molecule has 1 N–H and O–H groups in total. The van der Waals surface area contributed by atoms with Crippen LogP contribution in [0.5, 0.6) is 0 Å². The monoisotopic (exact) mass is 368 g/mol. The van der Waals surface area contributed by atoms with Gasteiger partial charge in [0, 0.05) is 6.42 Å². The molecule has 0 aromatic carbocycles. The Morgan fingerprint density at radius 3 is 1.35 bits per heavy atom. The number of unbranched alkanes of at least 4 members (excludes halogenated alkanes) is 16. The van der Waals surface area contributed by atoms with Gasteiger partial charge in [-0.15, -0.1) is 0 Å². The fraction of sp³-hybridized carbons (Fsp3) is 0.958. The molecule has 0 bridgehead atoms. The van der Waals surface area contributed by atoms with Crippen LogP contribution in [0.1, 0.15) is 142 Å². The topological polar surface area (TPSA) is 37.3 Å². The highest BCUT2D eigenvalue weighted by atomic mass is 16.3. The second-order valence-corrected chi connectivity index (χ2v) is 8.18. The Bertz CT molecular complexity index is 288. The third kappa shape index (κ3) is 18.4. The van der Waals surface area contributed by atoms with Crippen LogP contribution in [0, 0.1) is 0 Å². The predicted octanol–water partition coefficient (Wildman–Crippen LogP) is 7.76. The molecule has 0 unspecified atom stereocenters. The SMILES string of the molecule is CCCCCCCCCCCC(=O)[C@@H](O)CCCCCCCCCCC. The highest BCUT2D eigenvalue weighted by Gasteiger charge is 2.13. The van der Waals surface area contributed by atoms with Gasteiger partial charge in [-0.1, -0.05) is 123 Å². The molecule has 0 aliphatic rings. The molecule has 0 saturated heterocycles. The number of hydrogen-bond donors (Lipinski definition) is 1. The highest BCUT2D eigenvalue weighted by molar-refractivity contribution is 5.82. The predicted molar refractivity (Wildman–Crippen MR) is 115 cm³/mol. The van der Waals surface area contributed by atoms with Crippen molar-refractivity contribution in [3.8, 4) is 0 Å². The van der Waals surface area contributed by atoms with Crippen LogP contribution < -0.4 is 0 Å². The summed E-state index contributed by atoms with van der Waals surface area (Å²) in [6, 6.07) is 0. The summed E-state index contributed by atoms with van der Waals surface area (Å²) in [7, 11) is 0. The average molecular weight is 369 g/mol. The normalized spacial score (nSPS) is 12.4. The Morgan fingerprint density at radius 2 is 0.923 bits per heavy atom. The van der Waals surface area contributed by atoms with E-state index in [-0.39, 0.29) is 5.78 Å². The first-order valence-electron chi connectivity index (χ1n) is 11.9. The Hall–Kier alpha value is -0.370. The van der Waals surface area contributed by atoms with Crippen LogP contribution in [0.25, 0.3) is 0 Å². The number of hydrogen-bond acceptors (Lipinski definition) is 2. The summed E-state index contributed by atoms with van der Waals surface area (Å²) in [5.74, 6) is 0.0764. The number of ketones is 1. The molecule has 0 aromatic heterocycles. The molecular formula is C24H48O2. The maximum Gasteiger partial charge on any atom is 0.161 e. The molecular weight excluding hydrogens is 320 g/mol. The molecule has 156 valence electrons. The Balaban J connectivity index is 3.33. The van der Waals surface area contributed by atoms with E-state index in [1.54, 1.807) is 0 Å². The quantitative estimate of drug-likeness (QED) is 0.210. The maximum absolute atomic E-state index is 12.0. The number of carbonyl (C=O) groups is 1. The minimum atomic E-state index is -0.700. The van der Waals surface area contributed by atoms with Crippen molar-refractivity contribution in [3.05, 3.63) is 0 Å². The van der Waals surface area contributed by atoms with E-state index in [0.29, 0.717) is 12.8 Å². The van der Waals surface area contributed by atoms with Gasteiger partial charge in [0.1, 0.15) is 6.10 Å². The molecule has 26 heavy (non-hydrogen) atoms. The molecule has 0 radical (unpaired) electrons. The van der Waals surface area contributed by atoms with Crippen molar-refractivity contribution in [2.75, 3.05) is 0 Å². The Morgan fingerprint density at radius 1 is 0.577 bits per heavy atom. The van der Waals surface area contributed by atoms with Gasteiger partial charge in [-0.2, -0.15) is 0 Å². The number of Topliss-reactive ketones (excluding diaryl/α,β-unsaturated/α-hetero) is 1. The zero-order valence-electron chi connectivity index (χ0n) is 18.1. The number of carbonyl (C=O) groups excluding carboxylic acids is 1. The van der Waals surface area contributed by atoms with E-state index in [9.17, 15) is 9.90 Å². The molecule has 2 nitrogen and oxygen atoms in total. The first-order valence-corrected chi connectivity index (χ1v) is 11.9. The standard InChI is InChI=1S/C24H48O2/c1-3-5-7-9-11-13-15-17-19-21-23(25)24(26)22-20-18-16-14-12-10-8-6-4-2/h23,25H,3-22H2,1-2H3/t23-/m0/s1. The number of aliphatic hydroxyl groups excluding tert-OH is 1. The number of rotatable bonds is 21. The minimum Gasteiger partial charge on any atom is -0.385 e. The molecule has 0 aliphatic heterocycles. The molecule has 0 heterocycles. The number of aliphatic hydroxyl groups is 1. The van der Waals surface area contributed by atoms with Gasteiger partial charge in [-0.25, -0.2) is 0 Å². The molecule has 0 amide bonds. The van der Waals surface area contributed by atoms with E-state index in [0.717, 1.165) is 25.7 Å². The van der Waals surface area contributed by atoms with Gasteiger partial charge in [0.15, 0.2) is 5.78 Å². The van der Waals surface area contributed by atoms with Gasteiger partial charge in [0.25, 0.3) is 0 Å².